The smallest absolute Gasteiger partial charge is 0.355 e. The first-order valence-electron chi connectivity index (χ1n) is 18.4. The Bertz CT molecular complexity index is 1330. The van der Waals surface area contributed by atoms with Gasteiger partial charge in [-0.15, -0.1) is 0 Å². The monoisotopic (exact) mass is 666 g/mol. The summed E-state index contributed by atoms with van der Waals surface area (Å²) in [4.78, 5) is 0. The maximum Gasteiger partial charge on any atom is 0.355 e. The Hall–Kier alpha value is -1.36. The van der Waals surface area contributed by atoms with Crippen molar-refractivity contribution in [3.8, 4) is 23.7 Å². The molecule has 8 bridgehead atoms. The lowest BCUT2D eigenvalue weighted by atomic mass is 9.57. The maximum absolute atomic E-state index is 7.49. The minimum Gasteiger partial charge on any atom is -0.369 e. The molecule has 0 aromatic carbocycles. The van der Waals surface area contributed by atoms with Crippen LogP contribution in [0.3, 0.4) is 0 Å². The Morgan fingerprint density at radius 3 is 0.688 bits per heavy atom. The first kappa shape index (κ1) is 29.2. The second kappa shape index (κ2) is 9.35. The van der Waals surface area contributed by atoms with E-state index in [1.807, 2.05) is 0 Å². The van der Waals surface area contributed by atoms with E-state index in [0.29, 0.717) is 65.3 Å². The van der Waals surface area contributed by atoms with Crippen molar-refractivity contribution in [3.05, 3.63) is 0 Å². The average molecular weight is 667 g/mol. The van der Waals surface area contributed by atoms with Crippen LogP contribution in [0.5, 0.6) is 0 Å². The molecular formula is C36H42O12. The fraction of sp³-hybridized carbons (Fsp3) is 0.889. The third-order valence-electron chi connectivity index (χ3n) is 14.0. The third-order valence-corrected chi connectivity index (χ3v) is 14.0. The van der Waals surface area contributed by atoms with E-state index in [9.17, 15) is 0 Å². The van der Waals surface area contributed by atoms with E-state index in [1.165, 1.54) is 0 Å². The van der Waals surface area contributed by atoms with Crippen molar-refractivity contribution < 1.29 is 56.8 Å². The Balaban J connectivity index is 1.17. The van der Waals surface area contributed by atoms with Crippen molar-refractivity contribution in [3.63, 3.8) is 0 Å². The Labute approximate surface area is 279 Å². The molecule has 8 saturated heterocycles. The summed E-state index contributed by atoms with van der Waals surface area (Å²) in [5.41, 5.74) is -5.73. The highest BCUT2D eigenvalue weighted by Gasteiger charge is 2.86. The van der Waals surface area contributed by atoms with Crippen LogP contribution >= 0.6 is 0 Å². The Kier molecular flexibility index (Phi) is 5.69. The van der Waals surface area contributed by atoms with Gasteiger partial charge in [-0.25, -0.2) is 0 Å². The second-order valence-electron chi connectivity index (χ2n) is 16.0. The molecule has 0 radical (unpaired) electrons. The highest BCUT2D eigenvalue weighted by molar-refractivity contribution is 5.38. The van der Waals surface area contributed by atoms with E-state index < -0.39 is 82.2 Å². The van der Waals surface area contributed by atoms with Crippen molar-refractivity contribution >= 4 is 0 Å². The fourth-order valence-electron chi connectivity index (χ4n) is 12.6. The van der Waals surface area contributed by atoms with Gasteiger partial charge in [-0.2, -0.15) is 0 Å². The minimum absolute atomic E-state index is 0.538. The van der Waals surface area contributed by atoms with Crippen LogP contribution in [0.2, 0.25) is 0 Å². The fourth-order valence-corrected chi connectivity index (χ4v) is 12.6. The summed E-state index contributed by atoms with van der Waals surface area (Å²) in [6.45, 7) is 3.31. The molecule has 0 aromatic rings. The molecular weight excluding hydrogens is 624 g/mol. The molecule has 48 heavy (non-hydrogen) atoms. The van der Waals surface area contributed by atoms with Crippen molar-refractivity contribution in [1.82, 2.24) is 0 Å². The molecule has 2 aliphatic carbocycles. The normalized spacial score (nSPS) is 61.2. The molecule has 12 aliphatic heterocycles. The van der Waals surface area contributed by atoms with Crippen LogP contribution in [0.25, 0.3) is 0 Å². The average Bonchev–Trinajstić information content (AvgIpc) is 3.95. The summed E-state index contributed by atoms with van der Waals surface area (Å²) in [5, 5.41) is 0. The molecule has 0 unspecified atom stereocenters. The van der Waals surface area contributed by atoms with Crippen LogP contribution in [-0.2, 0) is 56.8 Å². The largest absolute Gasteiger partial charge is 0.369 e. The van der Waals surface area contributed by atoms with E-state index in [2.05, 4.69) is 23.7 Å². The summed E-state index contributed by atoms with van der Waals surface area (Å²) in [6.07, 6.45) is 4.92. The van der Waals surface area contributed by atoms with Gasteiger partial charge in [0.2, 0.25) is 0 Å². The van der Waals surface area contributed by atoms with Crippen molar-refractivity contribution in [2.75, 3.05) is 39.6 Å². The summed E-state index contributed by atoms with van der Waals surface area (Å²) >= 11 is 0. The van der Waals surface area contributed by atoms with Crippen LogP contribution in [0.1, 0.15) is 77.0 Å². The van der Waals surface area contributed by atoms with E-state index >= 15 is 0 Å². The molecule has 0 amide bonds. The lowest BCUT2D eigenvalue weighted by molar-refractivity contribution is -0.562. The van der Waals surface area contributed by atoms with Gasteiger partial charge in [0.05, 0.1) is 0 Å². The van der Waals surface area contributed by atoms with Gasteiger partial charge < -0.3 is 56.8 Å². The second-order valence-corrected chi connectivity index (χ2v) is 16.0. The summed E-state index contributed by atoms with van der Waals surface area (Å²) in [7, 11) is 0. The molecule has 14 aliphatic rings. The molecule has 0 N–H and O–H groups in total. The molecule has 12 heterocycles. The van der Waals surface area contributed by atoms with Crippen LogP contribution in [0, 0.1) is 23.7 Å². The lowest BCUT2D eigenvalue weighted by Crippen LogP contribution is -2.90. The highest BCUT2D eigenvalue weighted by Crippen LogP contribution is 2.68. The zero-order valence-corrected chi connectivity index (χ0v) is 27.1. The van der Waals surface area contributed by atoms with Crippen LogP contribution in [0.15, 0.2) is 0 Å². The zero-order chi connectivity index (χ0) is 31.5. The predicted octanol–water partition coefficient (Wildman–Crippen LogP) is 1.99. The number of hydrogen-bond acceptors (Lipinski definition) is 12. The minimum atomic E-state index is -1.87. The molecule has 0 aromatic heterocycles. The number of ether oxygens (including phenoxy) is 12. The zero-order valence-electron chi connectivity index (χ0n) is 27.1. The van der Waals surface area contributed by atoms with Gasteiger partial charge in [-0.3, -0.25) is 0 Å². The van der Waals surface area contributed by atoms with Gasteiger partial charge >= 0.3 is 11.9 Å². The number of hydrogen-bond donors (Lipinski definition) is 0. The third kappa shape index (κ3) is 3.17. The molecule has 12 heteroatoms. The summed E-state index contributed by atoms with van der Waals surface area (Å²) < 4.78 is 85.7. The van der Waals surface area contributed by atoms with Crippen molar-refractivity contribution in [2.45, 2.75) is 159 Å². The van der Waals surface area contributed by atoms with E-state index in [0.717, 1.165) is 51.4 Å². The van der Waals surface area contributed by atoms with Gasteiger partial charge in [0.1, 0.15) is 70.2 Å². The van der Waals surface area contributed by atoms with Crippen LogP contribution in [-0.4, -0.2) is 122 Å². The van der Waals surface area contributed by atoms with Crippen LogP contribution in [0.4, 0.5) is 0 Å². The lowest BCUT2D eigenvalue weighted by Gasteiger charge is -2.71. The molecule has 2 saturated carbocycles. The first-order valence-corrected chi connectivity index (χ1v) is 18.4. The van der Waals surface area contributed by atoms with Crippen molar-refractivity contribution in [2.24, 2.45) is 0 Å². The van der Waals surface area contributed by atoms with Gasteiger partial charge in [0.25, 0.3) is 0 Å². The topological polar surface area (TPSA) is 111 Å². The predicted molar refractivity (Wildman–Crippen MR) is 158 cm³/mol. The first-order chi connectivity index (χ1) is 23.5. The van der Waals surface area contributed by atoms with Crippen LogP contribution < -0.4 is 0 Å². The van der Waals surface area contributed by atoms with E-state index in [4.69, 9.17) is 56.8 Å². The molecule has 10 fully saturated rings. The summed E-state index contributed by atoms with van der Waals surface area (Å²) in [5.74, 6) is 8.84. The Morgan fingerprint density at radius 1 is 0.312 bits per heavy atom. The van der Waals surface area contributed by atoms with Gasteiger partial charge in [0.15, 0.2) is 0 Å². The molecule has 8 spiro atoms. The molecule has 12 nitrogen and oxygen atoms in total. The SMILES string of the molecule is C1#CC23OC4C5(CCCO5)[C@H]5OC(C#C1)(OC1C6(CCCO6)[C@@H](O2)C2(CCCO2)[C@@H](O3)C12CCCO2)O[C@@H](C41CCCO1)C51CCCO1. The van der Waals surface area contributed by atoms with Gasteiger partial charge in [-0.05, 0) is 88.9 Å². The van der Waals surface area contributed by atoms with Crippen molar-refractivity contribution in [1.29, 1.82) is 0 Å². The Morgan fingerprint density at radius 2 is 0.521 bits per heavy atom. The van der Waals surface area contributed by atoms with E-state index in [-0.39, 0.29) is 0 Å². The van der Waals surface area contributed by atoms with Gasteiger partial charge in [-0.1, -0.05) is 0 Å². The molecule has 0 atom stereocenters. The number of rotatable bonds is 0. The standard InChI is InChI=1S/C36H42O12/c1-2-16-36-45-25-30(10-4-18-38-30)26(46-36)34(14-8-22-42-34)27(33(25)13-7-21-41-33)47-35(15-1)43-23-29(9-3-17-37-29)24(44-35)32(12-6-20-40-32)28(48-36)31(23)11-5-19-39-31/h23-28H,3-14,17-22H2/t23-,24+,25-,26+,27?,28?,29?,30?,31?,32?,33?,34?,35?,36?. The van der Waals surface area contributed by atoms with E-state index in [1.54, 1.807) is 0 Å². The highest BCUT2D eigenvalue weighted by atomic mass is 16.9. The summed E-state index contributed by atoms with van der Waals surface area (Å²) in [6, 6.07) is 0. The molecule has 14 rings (SSSR count). The van der Waals surface area contributed by atoms with Gasteiger partial charge in [0, 0.05) is 51.5 Å². The maximum atomic E-state index is 7.49. The quantitative estimate of drug-likeness (QED) is 0.353. The molecule has 258 valence electrons.